The van der Waals surface area contributed by atoms with Gasteiger partial charge in [0.15, 0.2) is 0 Å². The first-order chi connectivity index (χ1) is 13.3. The smallest absolute Gasteiger partial charge is 0.338 e. The second-order valence-electron chi connectivity index (χ2n) is 6.10. The number of carboxylic acids is 1. The van der Waals surface area contributed by atoms with Crippen LogP contribution in [-0.2, 0) is 16.1 Å². The van der Waals surface area contributed by atoms with E-state index in [1.54, 1.807) is 31.2 Å². The Bertz CT molecular complexity index is 967. The predicted octanol–water partition coefficient (Wildman–Crippen LogP) is 3.81. The third-order valence-corrected chi connectivity index (χ3v) is 5.72. The van der Waals surface area contributed by atoms with Crippen LogP contribution < -0.4 is 5.32 Å². The fraction of sp³-hybridized carbons (Fsp3) is 0.211. The van der Waals surface area contributed by atoms with E-state index in [4.69, 9.17) is 21.4 Å². The summed E-state index contributed by atoms with van der Waals surface area (Å²) >= 11 is 7.28. The third kappa shape index (κ3) is 3.88. The van der Waals surface area contributed by atoms with E-state index >= 15 is 0 Å². The van der Waals surface area contributed by atoms with Gasteiger partial charge in [-0.15, -0.1) is 11.3 Å². The average Bonchev–Trinajstić information content (AvgIpc) is 3.10. The quantitative estimate of drug-likeness (QED) is 0.717. The van der Waals surface area contributed by atoms with Crippen molar-refractivity contribution in [1.29, 1.82) is 0 Å². The van der Waals surface area contributed by atoms with E-state index in [0.717, 1.165) is 10.4 Å². The summed E-state index contributed by atoms with van der Waals surface area (Å²) in [6, 6.07) is 8.64. The van der Waals surface area contributed by atoms with E-state index in [1.807, 2.05) is 0 Å². The topological polar surface area (TPSA) is 95.9 Å². The molecule has 9 heteroatoms. The van der Waals surface area contributed by atoms with Crippen LogP contribution in [0, 0.1) is 0 Å². The highest BCUT2D eigenvalue weighted by atomic mass is 35.5. The third-order valence-electron chi connectivity index (χ3n) is 4.42. The number of nitrogens with one attached hydrogen (secondary N) is 1. The van der Waals surface area contributed by atoms with E-state index in [9.17, 15) is 14.4 Å². The molecule has 0 saturated heterocycles. The van der Waals surface area contributed by atoms with E-state index in [0.29, 0.717) is 15.6 Å². The standard InChI is InChI=1S/C19H17ClN2O5S/c1-10-15(18(25)27-2)16(13-7-8-14(20)28-13)21-19(26)22(10)9-11-3-5-12(6-4-11)17(23)24/h3-8,16H,9H2,1-2H3,(H,21,26)(H,23,24). The average molecular weight is 421 g/mol. The Morgan fingerprint density at radius 2 is 1.93 bits per heavy atom. The number of aromatic carboxylic acids is 1. The molecular formula is C19H17ClN2O5S. The SMILES string of the molecule is COC(=O)C1=C(C)N(Cc2ccc(C(=O)O)cc2)C(=O)NC1c1ccc(Cl)s1. The monoisotopic (exact) mass is 420 g/mol. The molecule has 146 valence electrons. The number of hydrogen-bond acceptors (Lipinski definition) is 5. The van der Waals surface area contributed by atoms with Crippen molar-refractivity contribution in [3.63, 3.8) is 0 Å². The van der Waals surface area contributed by atoms with Gasteiger partial charge in [-0.3, -0.25) is 4.90 Å². The van der Waals surface area contributed by atoms with Crippen molar-refractivity contribution in [3.05, 3.63) is 68.0 Å². The number of ether oxygens (including phenoxy) is 1. The van der Waals surface area contributed by atoms with Gasteiger partial charge in [-0.1, -0.05) is 23.7 Å². The molecule has 2 aromatic rings. The fourth-order valence-corrected chi connectivity index (χ4v) is 4.10. The van der Waals surface area contributed by atoms with Gasteiger partial charge < -0.3 is 15.2 Å². The first-order valence-electron chi connectivity index (χ1n) is 8.26. The highest BCUT2D eigenvalue weighted by Gasteiger charge is 2.36. The van der Waals surface area contributed by atoms with Crippen LogP contribution in [0.1, 0.15) is 33.8 Å². The Balaban J connectivity index is 1.96. The molecule has 28 heavy (non-hydrogen) atoms. The van der Waals surface area contributed by atoms with Crippen molar-refractivity contribution < 1.29 is 24.2 Å². The molecule has 1 unspecified atom stereocenters. The number of carbonyl (C=O) groups is 3. The number of carboxylic acid groups (broad SMARTS) is 1. The number of esters is 1. The minimum atomic E-state index is -1.02. The Hall–Kier alpha value is -2.84. The molecule has 0 bridgehead atoms. The molecule has 0 radical (unpaired) electrons. The number of allylic oxidation sites excluding steroid dienone is 1. The molecule has 2 heterocycles. The molecular weight excluding hydrogens is 404 g/mol. The number of thiophene rings is 1. The summed E-state index contributed by atoms with van der Waals surface area (Å²) in [6.45, 7) is 1.86. The molecule has 7 nitrogen and oxygen atoms in total. The number of methoxy groups -OCH3 is 1. The van der Waals surface area contributed by atoms with Crippen molar-refractivity contribution in [3.8, 4) is 0 Å². The first-order valence-corrected chi connectivity index (χ1v) is 9.46. The highest BCUT2D eigenvalue weighted by molar-refractivity contribution is 7.16. The molecule has 1 atom stereocenters. The maximum Gasteiger partial charge on any atom is 0.338 e. The van der Waals surface area contributed by atoms with Crippen molar-refractivity contribution in [2.24, 2.45) is 0 Å². The largest absolute Gasteiger partial charge is 0.478 e. The fourth-order valence-electron chi connectivity index (χ4n) is 2.98. The Labute approximate surface area is 170 Å². The summed E-state index contributed by atoms with van der Waals surface area (Å²) in [7, 11) is 1.28. The molecule has 2 amide bonds. The molecule has 1 aliphatic rings. The second kappa shape index (κ2) is 8.04. The van der Waals surface area contributed by atoms with Crippen LogP contribution in [0.4, 0.5) is 4.79 Å². The number of nitrogens with zero attached hydrogens (tertiary/aromatic N) is 1. The summed E-state index contributed by atoms with van der Waals surface area (Å²) < 4.78 is 5.47. The summed E-state index contributed by atoms with van der Waals surface area (Å²) in [5.74, 6) is -1.57. The molecule has 0 aliphatic carbocycles. The van der Waals surface area contributed by atoms with Crippen LogP contribution >= 0.6 is 22.9 Å². The van der Waals surface area contributed by atoms with Gasteiger partial charge in [0, 0.05) is 10.6 Å². The highest BCUT2D eigenvalue weighted by Crippen LogP contribution is 2.36. The van der Waals surface area contributed by atoms with Crippen molar-refractivity contribution in [1.82, 2.24) is 10.2 Å². The lowest BCUT2D eigenvalue weighted by molar-refractivity contribution is -0.136. The zero-order chi connectivity index (χ0) is 20.4. The van der Waals surface area contributed by atoms with Gasteiger partial charge in [0.1, 0.15) is 0 Å². The number of hydrogen-bond donors (Lipinski definition) is 2. The lowest BCUT2D eigenvalue weighted by atomic mass is 10.00. The number of rotatable bonds is 5. The molecule has 0 saturated carbocycles. The van der Waals surface area contributed by atoms with E-state index in [2.05, 4.69) is 5.32 Å². The predicted molar refractivity (Wildman–Crippen MR) is 104 cm³/mol. The number of benzene rings is 1. The Morgan fingerprint density at radius 3 is 2.46 bits per heavy atom. The minimum Gasteiger partial charge on any atom is -0.478 e. The van der Waals surface area contributed by atoms with Crippen LogP contribution in [0.3, 0.4) is 0 Å². The van der Waals surface area contributed by atoms with Gasteiger partial charge in [0.2, 0.25) is 0 Å². The Morgan fingerprint density at radius 1 is 1.25 bits per heavy atom. The van der Waals surface area contributed by atoms with E-state index in [-0.39, 0.29) is 18.1 Å². The van der Waals surface area contributed by atoms with E-state index < -0.39 is 18.0 Å². The lowest BCUT2D eigenvalue weighted by Crippen LogP contribution is -2.47. The molecule has 0 spiro atoms. The maximum absolute atomic E-state index is 12.7. The summed E-state index contributed by atoms with van der Waals surface area (Å²) in [4.78, 5) is 38.3. The van der Waals surface area contributed by atoms with Gasteiger partial charge in [-0.05, 0) is 36.8 Å². The molecule has 1 aromatic carbocycles. The minimum absolute atomic E-state index is 0.156. The normalized spacial score (nSPS) is 16.8. The maximum atomic E-state index is 12.7. The second-order valence-corrected chi connectivity index (χ2v) is 7.85. The number of carbonyl (C=O) groups excluding carboxylic acids is 2. The molecule has 1 aliphatic heterocycles. The van der Waals surface area contributed by atoms with Crippen LogP contribution in [0.2, 0.25) is 4.34 Å². The lowest BCUT2D eigenvalue weighted by Gasteiger charge is -2.34. The van der Waals surface area contributed by atoms with Crippen LogP contribution in [0.25, 0.3) is 0 Å². The zero-order valence-electron chi connectivity index (χ0n) is 15.1. The van der Waals surface area contributed by atoms with Crippen molar-refractivity contribution in [2.75, 3.05) is 7.11 Å². The van der Waals surface area contributed by atoms with Gasteiger partial charge >= 0.3 is 18.0 Å². The number of amides is 2. The van der Waals surface area contributed by atoms with Gasteiger partial charge in [-0.25, -0.2) is 14.4 Å². The van der Waals surface area contributed by atoms with Crippen molar-refractivity contribution >= 4 is 40.9 Å². The number of urea groups is 1. The molecule has 1 aromatic heterocycles. The van der Waals surface area contributed by atoms with Crippen molar-refractivity contribution in [2.45, 2.75) is 19.5 Å². The van der Waals surface area contributed by atoms with Crippen LogP contribution in [-0.4, -0.2) is 35.1 Å². The van der Waals surface area contributed by atoms with Crippen LogP contribution in [0.15, 0.2) is 47.7 Å². The summed E-state index contributed by atoms with van der Waals surface area (Å²) in [5, 5.41) is 11.8. The van der Waals surface area contributed by atoms with Gasteiger partial charge in [0.25, 0.3) is 0 Å². The zero-order valence-corrected chi connectivity index (χ0v) is 16.6. The summed E-state index contributed by atoms with van der Waals surface area (Å²) in [5.41, 5.74) is 1.67. The van der Waals surface area contributed by atoms with Gasteiger partial charge in [-0.2, -0.15) is 0 Å². The first kappa shape index (κ1) is 19.9. The Kier molecular flexibility index (Phi) is 5.71. The van der Waals surface area contributed by atoms with Gasteiger partial charge in [0.05, 0.1) is 35.2 Å². The molecule has 2 N–H and O–H groups in total. The molecule has 0 fully saturated rings. The molecule has 3 rings (SSSR count). The van der Waals surface area contributed by atoms with Crippen LogP contribution in [0.5, 0.6) is 0 Å². The van der Waals surface area contributed by atoms with E-state index in [1.165, 1.54) is 35.5 Å². The summed E-state index contributed by atoms with van der Waals surface area (Å²) in [6.07, 6.45) is 0. The number of halogens is 1.